The molecule has 0 spiro atoms. The molecule has 2 rings (SSSR count). The van der Waals surface area contributed by atoms with Gasteiger partial charge in [0.15, 0.2) is 0 Å². The molecule has 0 N–H and O–H groups in total. The third-order valence-corrected chi connectivity index (χ3v) is 4.95. The monoisotopic (exact) mass is 287 g/mol. The first-order chi connectivity index (χ1) is 8.55. The Kier molecular flexibility index (Phi) is 3.92. The third-order valence-electron chi connectivity index (χ3n) is 2.92. The molecule has 1 amide bonds. The van der Waals surface area contributed by atoms with Gasteiger partial charge in [-0.3, -0.25) is 4.79 Å². The first-order valence-corrected chi connectivity index (χ1v) is 7.73. The summed E-state index contributed by atoms with van der Waals surface area (Å²) in [4.78, 5) is 11.7. The number of nitrogens with zero attached hydrogens (tertiary/aromatic N) is 1. The first-order valence-electron chi connectivity index (χ1n) is 5.76. The molecule has 1 aliphatic heterocycles. The standard InChI is InChI=1S/C12H14ClNO3S/c13-8-7-10-3-5-11(6-4-10)18(16,17)14-9-1-2-12(14)15/h3-6H,1-2,7-9H2. The van der Waals surface area contributed by atoms with E-state index in [-0.39, 0.29) is 17.3 Å². The summed E-state index contributed by atoms with van der Waals surface area (Å²) >= 11 is 5.62. The quantitative estimate of drug-likeness (QED) is 0.793. The van der Waals surface area contributed by atoms with Crippen molar-refractivity contribution in [2.75, 3.05) is 12.4 Å². The van der Waals surface area contributed by atoms with Crippen molar-refractivity contribution in [3.05, 3.63) is 29.8 Å². The van der Waals surface area contributed by atoms with Crippen LogP contribution in [0.4, 0.5) is 0 Å². The van der Waals surface area contributed by atoms with Crippen molar-refractivity contribution in [1.29, 1.82) is 0 Å². The molecular weight excluding hydrogens is 274 g/mol. The van der Waals surface area contributed by atoms with E-state index in [4.69, 9.17) is 11.6 Å². The number of amides is 1. The van der Waals surface area contributed by atoms with Crippen molar-refractivity contribution < 1.29 is 13.2 Å². The first kappa shape index (κ1) is 13.4. The van der Waals surface area contributed by atoms with Crippen molar-refractivity contribution in [2.45, 2.75) is 24.2 Å². The average Bonchev–Trinajstić information content (AvgIpc) is 2.77. The Balaban J connectivity index is 2.27. The van der Waals surface area contributed by atoms with Crippen molar-refractivity contribution in [3.63, 3.8) is 0 Å². The number of hydrogen-bond donors (Lipinski definition) is 0. The molecule has 1 saturated heterocycles. The minimum Gasteiger partial charge on any atom is -0.274 e. The van der Waals surface area contributed by atoms with Crippen molar-refractivity contribution in [2.24, 2.45) is 0 Å². The van der Waals surface area contributed by atoms with Gasteiger partial charge in [0.1, 0.15) is 0 Å². The van der Waals surface area contributed by atoms with E-state index in [1.165, 1.54) is 12.1 Å². The molecule has 6 heteroatoms. The zero-order chi connectivity index (χ0) is 13.2. The summed E-state index contributed by atoms with van der Waals surface area (Å²) in [5.41, 5.74) is 0.983. The van der Waals surface area contributed by atoms with Gasteiger partial charge in [-0.15, -0.1) is 11.6 Å². The predicted octanol–water partition coefficient (Wildman–Crippen LogP) is 1.78. The second-order valence-corrected chi connectivity index (χ2v) is 6.40. The highest BCUT2D eigenvalue weighted by Crippen LogP contribution is 2.22. The van der Waals surface area contributed by atoms with Gasteiger partial charge in [-0.2, -0.15) is 0 Å². The van der Waals surface area contributed by atoms with Crippen LogP contribution in [0.15, 0.2) is 29.2 Å². The number of carbonyl (C=O) groups excluding carboxylic acids is 1. The number of hydrogen-bond acceptors (Lipinski definition) is 3. The van der Waals surface area contributed by atoms with Crippen molar-refractivity contribution >= 4 is 27.5 Å². The van der Waals surface area contributed by atoms with Crippen LogP contribution in [0.2, 0.25) is 0 Å². The van der Waals surface area contributed by atoms with E-state index in [0.29, 0.717) is 25.1 Å². The maximum Gasteiger partial charge on any atom is 0.266 e. The van der Waals surface area contributed by atoms with Crippen LogP contribution < -0.4 is 0 Å². The molecule has 0 atom stereocenters. The van der Waals surface area contributed by atoms with Crippen molar-refractivity contribution in [1.82, 2.24) is 4.31 Å². The molecule has 1 fully saturated rings. The Morgan fingerprint density at radius 3 is 2.39 bits per heavy atom. The highest BCUT2D eigenvalue weighted by molar-refractivity contribution is 7.89. The molecule has 0 unspecified atom stereocenters. The SMILES string of the molecule is O=C1CCCN1S(=O)(=O)c1ccc(CCCl)cc1. The number of benzene rings is 1. The van der Waals surface area contributed by atoms with E-state index in [1.807, 2.05) is 0 Å². The van der Waals surface area contributed by atoms with E-state index < -0.39 is 10.0 Å². The molecule has 0 bridgehead atoms. The fourth-order valence-corrected chi connectivity index (χ4v) is 3.62. The number of aryl methyl sites for hydroxylation is 1. The van der Waals surface area contributed by atoms with Gasteiger partial charge in [0.25, 0.3) is 10.0 Å². The lowest BCUT2D eigenvalue weighted by Crippen LogP contribution is -2.31. The van der Waals surface area contributed by atoms with Gasteiger partial charge < -0.3 is 0 Å². The summed E-state index contributed by atoms with van der Waals surface area (Å²) < 4.78 is 25.3. The second kappa shape index (κ2) is 5.28. The minimum atomic E-state index is -3.67. The number of alkyl halides is 1. The largest absolute Gasteiger partial charge is 0.274 e. The average molecular weight is 288 g/mol. The van der Waals surface area contributed by atoms with E-state index in [0.717, 1.165) is 9.87 Å². The highest BCUT2D eigenvalue weighted by atomic mass is 35.5. The molecule has 0 radical (unpaired) electrons. The zero-order valence-corrected chi connectivity index (χ0v) is 11.4. The fraction of sp³-hybridized carbons (Fsp3) is 0.417. The van der Waals surface area contributed by atoms with Crippen LogP contribution in [0, 0.1) is 0 Å². The summed E-state index contributed by atoms with van der Waals surface area (Å²) in [5.74, 6) is 0.177. The van der Waals surface area contributed by atoms with Crippen LogP contribution in [0.1, 0.15) is 18.4 Å². The fourth-order valence-electron chi connectivity index (χ4n) is 1.94. The smallest absolute Gasteiger partial charge is 0.266 e. The van der Waals surface area contributed by atoms with Crippen LogP contribution in [0.25, 0.3) is 0 Å². The van der Waals surface area contributed by atoms with Gasteiger partial charge in [-0.1, -0.05) is 12.1 Å². The molecule has 1 aromatic carbocycles. The number of sulfonamides is 1. The molecule has 0 saturated carbocycles. The summed E-state index contributed by atoms with van der Waals surface area (Å²) in [6, 6.07) is 6.53. The van der Waals surface area contributed by atoms with Crippen molar-refractivity contribution in [3.8, 4) is 0 Å². The Labute approximate surface area is 112 Å². The van der Waals surface area contributed by atoms with E-state index in [9.17, 15) is 13.2 Å². The van der Waals surface area contributed by atoms with Crippen LogP contribution in [-0.4, -0.2) is 31.1 Å². The highest BCUT2D eigenvalue weighted by Gasteiger charge is 2.32. The van der Waals surface area contributed by atoms with Gasteiger partial charge in [-0.25, -0.2) is 12.7 Å². The Bertz CT molecular complexity index is 539. The number of carbonyl (C=O) groups is 1. The maximum absolute atomic E-state index is 12.2. The normalized spacial score (nSPS) is 16.3. The molecule has 1 aromatic rings. The van der Waals surface area contributed by atoms with E-state index in [2.05, 4.69) is 0 Å². The Morgan fingerprint density at radius 2 is 1.89 bits per heavy atom. The van der Waals surface area contributed by atoms with Crippen LogP contribution in [0.5, 0.6) is 0 Å². The van der Waals surface area contributed by atoms with Crippen LogP contribution >= 0.6 is 11.6 Å². The molecule has 1 aliphatic rings. The molecule has 0 aromatic heterocycles. The summed E-state index contributed by atoms with van der Waals surface area (Å²) in [5, 5.41) is 0. The van der Waals surface area contributed by atoms with E-state index >= 15 is 0 Å². The van der Waals surface area contributed by atoms with Gasteiger partial charge in [0.05, 0.1) is 4.90 Å². The summed E-state index contributed by atoms with van der Waals surface area (Å²) in [6.45, 7) is 0.282. The van der Waals surface area contributed by atoms with Gasteiger partial charge in [-0.05, 0) is 30.5 Å². The van der Waals surface area contributed by atoms with Gasteiger partial charge in [0, 0.05) is 18.8 Å². The summed E-state index contributed by atoms with van der Waals surface area (Å²) in [7, 11) is -3.67. The summed E-state index contributed by atoms with van der Waals surface area (Å²) in [6.07, 6.45) is 1.61. The Morgan fingerprint density at radius 1 is 1.22 bits per heavy atom. The Hall–Kier alpha value is -1.07. The van der Waals surface area contributed by atoms with Crippen LogP contribution in [0.3, 0.4) is 0 Å². The third kappa shape index (κ3) is 2.52. The number of halogens is 1. The molecule has 18 heavy (non-hydrogen) atoms. The van der Waals surface area contributed by atoms with Gasteiger partial charge in [0.2, 0.25) is 5.91 Å². The molecule has 98 valence electrons. The van der Waals surface area contributed by atoms with Crippen LogP contribution in [-0.2, 0) is 21.2 Å². The zero-order valence-electron chi connectivity index (χ0n) is 9.80. The molecular formula is C12H14ClNO3S. The number of rotatable bonds is 4. The molecule has 4 nitrogen and oxygen atoms in total. The lowest BCUT2D eigenvalue weighted by molar-refractivity contribution is -0.123. The maximum atomic E-state index is 12.2. The predicted molar refractivity (Wildman–Crippen MR) is 69.0 cm³/mol. The molecule has 1 heterocycles. The lowest BCUT2D eigenvalue weighted by Gasteiger charge is -2.16. The minimum absolute atomic E-state index is 0.163. The van der Waals surface area contributed by atoms with Gasteiger partial charge >= 0.3 is 0 Å². The topological polar surface area (TPSA) is 54.5 Å². The molecule has 0 aliphatic carbocycles. The van der Waals surface area contributed by atoms with E-state index in [1.54, 1.807) is 12.1 Å². The second-order valence-electron chi connectivity index (χ2n) is 4.16. The lowest BCUT2D eigenvalue weighted by atomic mass is 10.2.